The van der Waals surface area contributed by atoms with Crippen LogP contribution in [0, 0.1) is 23.7 Å². The van der Waals surface area contributed by atoms with Gasteiger partial charge in [-0.3, -0.25) is 14.5 Å². The molecule has 2 amide bonds. The van der Waals surface area contributed by atoms with E-state index in [1.54, 1.807) is 0 Å². The van der Waals surface area contributed by atoms with Gasteiger partial charge in [0.25, 0.3) is 0 Å². The maximum atomic E-state index is 13.2. The highest BCUT2D eigenvalue weighted by Gasteiger charge is 2.83. The fourth-order valence-corrected chi connectivity index (χ4v) is 9.55. The van der Waals surface area contributed by atoms with Crippen LogP contribution in [-0.4, -0.2) is 36.8 Å². The molecule has 0 radical (unpaired) electrons. The molecule has 3 nitrogen and oxygen atoms in total. The Balaban J connectivity index is 1.52. The molecule has 154 valence electrons. The number of nitrogens with zero attached hydrogens (tertiary/aromatic N) is 1. The number of fused-ring (bicyclic) bond motifs is 6. The zero-order valence-corrected chi connectivity index (χ0v) is 19.4. The predicted octanol–water partition coefficient (Wildman–Crippen LogP) is 5.79. The number of rotatable bonds is 1. The number of alkyl halides is 4. The maximum Gasteiger partial charge on any atom is 0.233 e. The van der Waals surface area contributed by atoms with Crippen LogP contribution in [0.3, 0.4) is 0 Å². The molecule has 3 saturated carbocycles. The monoisotopic (exact) mass is 503 g/mol. The van der Waals surface area contributed by atoms with E-state index in [4.69, 9.17) is 69.6 Å². The molecule has 2 bridgehead atoms. The molecular weight excluding hydrogens is 487 g/mol. The van der Waals surface area contributed by atoms with Crippen molar-refractivity contribution in [3.63, 3.8) is 0 Å². The Morgan fingerprint density at radius 3 is 1.61 bits per heavy atom. The fourth-order valence-electron chi connectivity index (χ4n) is 6.45. The molecular formula is C19H19Cl6NO2. The second-order valence-electron chi connectivity index (χ2n) is 8.86. The van der Waals surface area contributed by atoms with Gasteiger partial charge >= 0.3 is 0 Å². The maximum absolute atomic E-state index is 13.2. The third-order valence-corrected chi connectivity index (χ3v) is 12.2. The first-order valence-corrected chi connectivity index (χ1v) is 12.0. The van der Waals surface area contributed by atoms with Crippen LogP contribution in [0.15, 0.2) is 10.1 Å². The zero-order valence-electron chi connectivity index (χ0n) is 14.9. The lowest BCUT2D eigenvalue weighted by Crippen LogP contribution is -2.45. The number of carbonyl (C=O) groups is 2. The minimum absolute atomic E-state index is 0.0104. The molecule has 0 spiro atoms. The quantitative estimate of drug-likeness (QED) is 0.334. The van der Waals surface area contributed by atoms with Crippen LogP contribution >= 0.6 is 69.6 Å². The number of amides is 2. The number of allylic oxidation sites excluding steroid dienone is 2. The number of imide groups is 1. The molecule has 0 aromatic heterocycles. The molecule has 4 aliphatic carbocycles. The van der Waals surface area contributed by atoms with E-state index < -0.39 is 25.9 Å². The molecule has 0 N–H and O–H groups in total. The summed E-state index contributed by atoms with van der Waals surface area (Å²) >= 11 is 40.1. The predicted molar refractivity (Wildman–Crippen MR) is 112 cm³/mol. The van der Waals surface area contributed by atoms with E-state index in [2.05, 4.69) is 0 Å². The van der Waals surface area contributed by atoms with E-state index in [-0.39, 0.29) is 39.8 Å². The van der Waals surface area contributed by atoms with Gasteiger partial charge < -0.3 is 0 Å². The summed E-state index contributed by atoms with van der Waals surface area (Å²) in [5.74, 6) is -1.65. The van der Waals surface area contributed by atoms with Crippen molar-refractivity contribution in [1.29, 1.82) is 0 Å². The van der Waals surface area contributed by atoms with Crippen LogP contribution in [-0.2, 0) is 9.59 Å². The highest BCUT2D eigenvalue weighted by Crippen LogP contribution is 2.79. The summed E-state index contributed by atoms with van der Waals surface area (Å²) in [5, 5.41) is 0.327. The topological polar surface area (TPSA) is 37.4 Å². The van der Waals surface area contributed by atoms with Gasteiger partial charge in [0.05, 0.1) is 21.9 Å². The first kappa shape index (κ1) is 20.5. The van der Waals surface area contributed by atoms with Crippen molar-refractivity contribution in [3.8, 4) is 0 Å². The standard InChI is InChI=1S/C19H19Cl6NO2/c20-13-14(21)18(23)12-7-10-9(6-11(12)17(13,22)19(18,24)25)15(27)26(16(10)28)8-4-2-1-3-5-8/h8-12H,1-7H2/t9-,10+,11+,12-,17-,18-/m0/s1. The Kier molecular flexibility index (Phi) is 4.64. The smallest absolute Gasteiger partial charge is 0.233 e. The van der Waals surface area contributed by atoms with E-state index in [1.807, 2.05) is 0 Å². The lowest BCUT2D eigenvalue weighted by atomic mass is 9.65. The molecule has 0 aromatic rings. The van der Waals surface area contributed by atoms with Gasteiger partial charge in [-0.2, -0.15) is 0 Å². The van der Waals surface area contributed by atoms with Gasteiger partial charge in [0.2, 0.25) is 11.8 Å². The second kappa shape index (κ2) is 6.33. The minimum atomic E-state index is -1.61. The van der Waals surface area contributed by atoms with Crippen molar-refractivity contribution < 1.29 is 9.59 Å². The minimum Gasteiger partial charge on any atom is -0.279 e. The van der Waals surface area contributed by atoms with Gasteiger partial charge in [-0.05, 0) is 37.5 Å². The van der Waals surface area contributed by atoms with Crippen LogP contribution in [0.1, 0.15) is 44.9 Å². The summed E-state index contributed by atoms with van der Waals surface area (Å²) in [6.07, 6.45) is 5.81. The Hall–Kier alpha value is 0.620. The average molecular weight is 506 g/mol. The number of hydrogen-bond acceptors (Lipinski definition) is 2. The average Bonchev–Trinajstić information content (AvgIpc) is 3.04. The molecule has 5 rings (SSSR count). The van der Waals surface area contributed by atoms with E-state index >= 15 is 0 Å². The molecule has 9 heteroatoms. The van der Waals surface area contributed by atoms with E-state index in [0.29, 0.717) is 12.8 Å². The van der Waals surface area contributed by atoms with Gasteiger partial charge in [0, 0.05) is 6.04 Å². The molecule has 4 fully saturated rings. The van der Waals surface area contributed by atoms with Crippen molar-refractivity contribution in [1.82, 2.24) is 4.90 Å². The van der Waals surface area contributed by atoms with E-state index in [9.17, 15) is 9.59 Å². The second-order valence-corrected chi connectivity index (χ2v) is 12.1. The summed E-state index contributed by atoms with van der Waals surface area (Å²) < 4.78 is -1.61. The lowest BCUT2D eigenvalue weighted by molar-refractivity contribution is -0.143. The van der Waals surface area contributed by atoms with Crippen LogP contribution < -0.4 is 0 Å². The highest BCUT2D eigenvalue weighted by molar-refractivity contribution is 6.65. The Morgan fingerprint density at radius 1 is 0.750 bits per heavy atom. The lowest BCUT2D eigenvalue weighted by Gasteiger charge is -2.42. The van der Waals surface area contributed by atoms with Crippen molar-refractivity contribution >= 4 is 81.4 Å². The van der Waals surface area contributed by atoms with E-state index in [0.717, 1.165) is 32.1 Å². The highest BCUT2D eigenvalue weighted by atomic mass is 35.5. The number of likely N-dealkylation sites (tertiary alicyclic amines) is 1. The third kappa shape index (κ3) is 2.13. The van der Waals surface area contributed by atoms with Gasteiger partial charge in [0.1, 0.15) is 9.75 Å². The van der Waals surface area contributed by atoms with Gasteiger partial charge in [0.15, 0.2) is 4.33 Å². The van der Waals surface area contributed by atoms with Gasteiger partial charge in [-0.25, -0.2) is 0 Å². The Bertz CT molecular complexity index is 754. The first-order valence-electron chi connectivity index (χ1n) is 9.77. The van der Waals surface area contributed by atoms with Crippen molar-refractivity contribution in [3.05, 3.63) is 10.1 Å². The summed E-state index contributed by atoms with van der Waals surface area (Å²) in [4.78, 5) is 25.3. The number of hydrogen-bond donors (Lipinski definition) is 0. The van der Waals surface area contributed by atoms with Crippen LogP contribution in [0.5, 0.6) is 0 Å². The van der Waals surface area contributed by atoms with Crippen LogP contribution in [0.25, 0.3) is 0 Å². The molecule has 0 unspecified atom stereocenters. The third-order valence-electron chi connectivity index (χ3n) is 7.80. The summed E-state index contributed by atoms with van der Waals surface area (Å²) in [5.41, 5.74) is 0. The van der Waals surface area contributed by atoms with Crippen molar-refractivity contribution in [2.75, 3.05) is 0 Å². The molecule has 28 heavy (non-hydrogen) atoms. The van der Waals surface area contributed by atoms with Gasteiger partial charge in [-0.15, -0.1) is 23.2 Å². The molecule has 1 heterocycles. The molecule has 1 saturated heterocycles. The van der Waals surface area contributed by atoms with Gasteiger partial charge in [-0.1, -0.05) is 65.7 Å². The van der Waals surface area contributed by atoms with Crippen molar-refractivity contribution in [2.24, 2.45) is 23.7 Å². The molecule has 0 aromatic carbocycles. The van der Waals surface area contributed by atoms with E-state index in [1.165, 1.54) is 4.90 Å². The SMILES string of the molecule is O=C1[C@H]2C[C@@H]3[C@H](C[C@H]2C(=O)N1C1CCCCC1)[C@]1(Cl)C(Cl)=C(Cl)[C@]3(Cl)C1(Cl)Cl. The van der Waals surface area contributed by atoms with Crippen LogP contribution in [0.2, 0.25) is 0 Å². The summed E-state index contributed by atoms with van der Waals surface area (Å²) in [6.45, 7) is 0. The normalized spacial score (nSPS) is 47.7. The Morgan fingerprint density at radius 2 is 1.18 bits per heavy atom. The Labute approximate surface area is 193 Å². The number of carbonyl (C=O) groups excluding carboxylic acids is 2. The molecule has 6 atom stereocenters. The van der Waals surface area contributed by atoms with Crippen molar-refractivity contribution in [2.45, 2.75) is 65.1 Å². The van der Waals surface area contributed by atoms with Crippen LogP contribution in [0.4, 0.5) is 0 Å². The molecule has 5 aliphatic rings. The summed E-state index contributed by atoms with van der Waals surface area (Å²) in [7, 11) is 0. The summed E-state index contributed by atoms with van der Waals surface area (Å²) in [6, 6.07) is 0.0104. The number of halogens is 6. The fraction of sp³-hybridized carbons (Fsp3) is 0.789. The molecule has 1 aliphatic heterocycles. The largest absolute Gasteiger partial charge is 0.279 e. The zero-order chi connectivity index (χ0) is 20.2. The first-order chi connectivity index (χ1) is 13.1.